The Kier molecular flexibility index (Phi) is 2.95. The third kappa shape index (κ3) is 2.24. The smallest absolute Gasteiger partial charge is 0.314 e. The van der Waals surface area contributed by atoms with Crippen LogP contribution in [0.1, 0.15) is 18.5 Å². The molecule has 1 atom stereocenters. The lowest BCUT2D eigenvalue weighted by Crippen LogP contribution is -2.12. The minimum atomic E-state index is -0.453. The summed E-state index contributed by atoms with van der Waals surface area (Å²) >= 11 is 0. The molecule has 4 heteroatoms. The number of hydrogen-bond donors (Lipinski definition) is 0. The normalized spacial score (nSPS) is 12.2. The maximum Gasteiger partial charge on any atom is 0.314 e. The van der Waals surface area contributed by atoms with E-state index in [1.807, 2.05) is 0 Å². The number of hydrogen-bond acceptors (Lipinski definition) is 3. The molecule has 0 aliphatic heterocycles. The number of ether oxygens (including phenoxy) is 1. The summed E-state index contributed by atoms with van der Waals surface area (Å²) in [5.74, 6) is -1.24. The molecular formula is C9H10FNO2. The second kappa shape index (κ2) is 3.98. The Hall–Kier alpha value is -1.45. The SMILES string of the molecule is COC(=O)C(C)c1ccc(F)cn1. The van der Waals surface area contributed by atoms with Crippen LogP contribution in [0.15, 0.2) is 18.3 Å². The quantitative estimate of drug-likeness (QED) is 0.652. The maximum absolute atomic E-state index is 12.5. The van der Waals surface area contributed by atoms with Gasteiger partial charge >= 0.3 is 5.97 Å². The molecule has 1 rings (SSSR count). The fourth-order valence-electron chi connectivity index (χ4n) is 0.941. The van der Waals surface area contributed by atoms with E-state index < -0.39 is 11.7 Å². The van der Waals surface area contributed by atoms with Gasteiger partial charge in [-0.2, -0.15) is 0 Å². The van der Waals surface area contributed by atoms with Crippen LogP contribution in [0.2, 0.25) is 0 Å². The minimum absolute atomic E-state index is 0.376. The summed E-state index contributed by atoms with van der Waals surface area (Å²) in [6.45, 7) is 1.66. The van der Waals surface area contributed by atoms with E-state index in [4.69, 9.17) is 0 Å². The summed E-state index contributed by atoms with van der Waals surface area (Å²) in [6, 6.07) is 2.73. The van der Waals surface area contributed by atoms with Crippen LogP contribution in [0, 0.1) is 5.82 Å². The lowest BCUT2D eigenvalue weighted by molar-refractivity contribution is -0.142. The third-order valence-electron chi connectivity index (χ3n) is 1.75. The number of esters is 1. The zero-order valence-electron chi connectivity index (χ0n) is 7.45. The highest BCUT2D eigenvalue weighted by Gasteiger charge is 2.16. The van der Waals surface area contributed by atoms with Gasteiger partial charge < -0.3 is 4.74 Å². The van der Waals surface area contributed by atoms with Crippen LogP contribution in [0.3, 0.4) is 0 Å². The largest absolute Gasteiger partial charge is 0.469 e. The molecule has 0 amide bonds. The number of carbonyl (C=O) groups is 1. The fraction of sp³-hybridized carbons (Fsp3) is 0.333. The average Bonchev–Trinajstić information content (AvgIpc) is 2.17. The molecule has 0 aliphatic carbocycles. The first-order valence-electron chi connectivity index (χ1n) is 3.84. The van der Waals surface area contributed by atoms with Crippen molar-refractivity contribution in [2.75, 3.05) is 7.11 Å². The minimum Gasteiger partial charge on any atom is -0.469 e. The van der Waals surface area contributed by atoms with E-state index >= 15 is 0 Å². The lowest BCUT2D eigenvalue weighted by Gasteiger charge is -2.07. The van der Waals surface area contributed by atoms with E-state index in [2.05, 4.69) is 9.72 Å². The van der Waals surface area contributed by atoms with Crippen molar-refractivity contribution < 1.29 is 13.9 Å². The van der Waals surface area contributed by atoms with Gasteiger partial charge in [0, 0.05) is 0 Å². The van der Waals surface area contributed by atoms with Gasteiger partial charge in [0.05, 0.1) is 24.9 Å². The van der Waals surface area contributed by atoms with Crippen molar-refractivity contribution in [1.82, 2.24) is 4.98 Å². The number of nitrogens with zero attached hydrogens (tertiary/aromatic N) is 1. The van der Waals surface area contributed by atoms with Crippen LogP contribution < -0.4 is 0 Å². The molecule has 0 aromatic carbocycles. The molecule has 0 saturated heterocycles. The summed E-state index contributed by atoms with van der Waals surface area (Å²) in [6.07, 6.45) is 1.08. The molecule has 3 nitrogen and oxygen atoms in total. The first-order chi connectivity index (χ1) is 6.15. The van der Waals surface area contributed by atoms with Crippen molar-refractivity contribution in [3.8, 4) is 0 Å². The zero-order chi connectivity index (χ0) is 9.84. The van der Waals surface area contributed by atoms with Crippen LogP contribution in [0.4, 0.5) is 4.39 Å². The number of carbonyl (C=O) groups excluding carboxylic acids is 1. The molecule has 70 valence electrons. The molecule has 13 heavy (non-hydrogen) atoms. The molecule has 0 N–H and O–H groups in total. The molecule has 1 unspecified atom stereocenters. The average molecular weight is 183 g/mol. The van der Waals surface area contributed by atoms with Gasteiger partial charge in [0.1, 0.15) is 5.82 Å². The van der Waals surface area contributed by atoms with Crippen molar-refractivity contribution in [2.45, 2.75) is 12.8 Å². The van der Waals surface area contributed by atoms with E-state index in [1.165, 1.54) is 19.2 Å². The number of rotatable bonds is 2. The second-order valence-corrected chi connectivity index (χ2v) is 2.65. The molecule has 0 bridgehead atoms. The summed E-state index contributed by atoms with van der Waals surface area (Å²) in [7, 11) is 1.31. The molecule has 1 aromatic rings. The molecule has 1 aromatic heterocycles. The molecule has 0 fully saturated rings. The second-order valence-electron chi connectivity index (χ2n) is 2.65. The predicted octanol–water partition coefficient (Wildman–Crippen LogP) is 1.50. The van der Waals surface area contributed by atoms with Crippen molar-refractivity contribution in [2.24, 2.45) is 0 Å². The Balaban J connectivity index is 2.83. The van der Waals surface area contributed by atoms with E-state index in [9.17, 15) is 9.18 Å². The summed E-state index contributed by atoms with van der Waals surface area (Å²) in [5, 5.41) is 0. The van der Waals surface area contributed by atoms with Gasteiger partial charge in [-0.3, -0.25) is 9.78 Å². The summed E-state index contributed by atoms with van der Waals surface area (Å²) in [5.41, 5.74) is 0.508. The Labute approximate surface area is 75.6 Å². The van der Waals surface area contributed by atoms with Crippen LogP contribution >= 0.6 is 0 Å². The van der Waals surface area contributed by atoms with Crippen molar-refractivity contribution in [3.05, 3.63) is 29.8 Å². The maximum atomic E-state index is 12.5. The highest BCUT2D eigenvalue weighted by atomic mass is 19.1. The van der Waals surface area contributed by atoms with Crippen LogP contribution in [-0.4, -0.2) is 18.1 Å². The lowest BCUT2D eigenvalue weighted by atomic mass is 10.1. The highest BCUT2D eigenvalue weighted by Crippen LogP contribution is 2.13. The van der Waals surface area contributed by atoms with Gasteiger partial charge in [-0.15, -0.1) is 0 Å². The number of aromatic nitrogens is 1. The highest BCUT2D eigenvalue weighted by molar-refractivity contribution is 5.76. The van der Waals surface area contributed by atoms with E-state index in [0.717, 1.165) is 6.20 Å². The first kappa shape index (κ1) is 9.64. The van der Waals surface area contributed by atoms with Gasteiger partial charge in [-0.05, 0) is 19.1 Å². The summed E-state index contributed by atoms with van der Waals surface area (Å²) < 4.78 is 17.0. The van der Waals surface area contributed by atoms with E-state index in [0.29, 0.717) is 5.69 Å². The van der Waals surface area contributed by atoms with Gasteiger partial charge in [0.2, 0.25) is 0 Å². The number of pyridine rings is 1. The van der Waals surface area contributed by atoms with Crippen LogP contribution in [0.5, 0.6) is 0 Å². The third-order valence-corrected chi connectivity index (χ3v) is 1.75. The van der Waals surface area contributed by atoms with E-state index in [1.54, 1.807) is 6.92 Å². The topological polar surface area (TPSA) is 39.2 Å². The molecule has 1 heterocycles. The molecule has 0 radical (unpaired) electrons. The van der Waals surface area contributed by atoms with Crippen molar-refractivity contribution in [1.29, 1.82) is 0 Å². The van der Waals surface area contributed by atoms with Crippen molar-refractivity contribution in [3.63, 3.8) is 0 Å². The van der Waals surface area contributed by atoms with Crippen LogP contribution in [-0.2, 0) is 9.53 Å². The zero-order valence-corrected chi connectivity index (χ0v) is 7.45. The van der Waals surface area contributed by atoms with Gasteiger partial charge in [0.25, 0.3) is 0 Å². The Bertz CT molecular complexity index is 297. The molecule has 0 aliphatic rings. The predicted molar refractivity (Wildman–Crippen MR) is 44.6 cm³/mol. The molecule has 0 spiro atoms. The van der Waals surface area contributed by atoms with Gasteiger partial charge in [0.15, 0.2) is 0 Å². The number of halogens is 1. The van der Waals surface area contributed by atoms with Crippen molar-refractivity contribution >= 4 is 5.97 Å². The first-order valence-corrected chi connectivity index (χ1v) is 3.84. The Morgan fingerprint density at radius 2 is 2.31 bits per heavy atom. The van der Waals surface area contributed by atoms with Crippen LogP contribution in [0.25, 0.3) is 0 Å². The monoisotopic (exact) mass is 183 g/mol. The molecule has 0 saturated carbocycles. The standard InChI is InChI=1S/C9H10FNO2/c1-6(9(12)13-2)8-4-3-7(10)5-11-8/h3-6H,1-2H3. The fourth-order valence-corrected chi connectivity index (χ4v) is 0.941. The summed E-state index contributed by atoms with van der Waals surface area (Å²) in [4.78, 5) is 14.8. The van der Waals surface area contributed by atoms with Gasteiger partial charge in [-0.25, -0.2) is 4.39 Å². The van der Waals surface area contributed by atoms with E-state index in [-0.39, 0.29) is 5.97 Å². The number of methoxy groups -OCH3 is 1. The Morgan fingerprint density at radius 1 is 1.62 bits per heavy atom. The molecular weight excluding hydrogens is 173 g/mol. The Morgan fingerprint density at radius 3 is 2.77 bits per heavy atom. The van der Waals surface area contributed by atoms with Gasteiger partial charge in [-0.1, -0.05) is 0 Å².